The zero-order chi connectivity index (χ0) is 13.4. The second-order valence-electron chi connectivity index (χ2n) is 4.38. The number of carbonyl (C=O) groups excluding carboxylic acids is 1. The van der Waals surface area contributed by atoms with Crippen LogP contribution in [0.3, 0.4) is 0 Å². The van der Waals surface area contributed by atoms with Gasteiger partial charge in [-0.05, 0) is 24.3 Å². The number of aryl methyl sites for hydroxylation is 1. The molecule has 3 rings (SSSR count). The first-order chi connectivity index (χ1) is 9.20. The number of nitrogens with one attached hydrogen (secondary N) is 1. The fraction of sp³-hybridized carbons (Fsp3) is 0.0667. The molecule has 1 N–H and O–H groups in total. The van der Waals surface area contributed by atoms with Crippen molar-refractivity contribution in [2.75, 3.05) is 0 Å². The monoisotopic (exact) mass is 251 g/mol. The molecule has 0 amide bonds. The van der Waals surface area contributed by atoms with E-state index in [0.29, 0.717) is 5.56 Å². The highest BCUT2D eigenvalue weighted by molar-refractivity contribution is 6.01. The summed E-state index contributed by atoms with van der Waals surface area (Å²) in [6.07, 6.45) is 0. The first-order valence-corrected chi connectivity index (χ1v) is 6.01. The summed E-state index contributed by atoms with van der Waals surface area (Å²) >= 11 is 0. The van der Waals surface area contributed by atoms with E-state index in [2.05, 4.69) is 0 Å². The van der Waals surface area contributed by atoms with E-state index in [4.69, 9.17) is 5.41 Å². The van der Waals surface area contributed by atoms with Crippen LogP contribution in [0.5, 0.6) is 0 Å². The molecule has 0 aliphatic carbocycles. The van der Waals surface area contributed by atoms with Gasteiger partial charge in [-0.3, -0.25) is 10.2 Å². The molecule has 1 heterocycles. The minimum Gasteiger partial charge on any atom is -0.313 e. The van der Waals surface area contributed by atoms with Crippen molar-refractivity contribution >= 4 is 16.9 Å². The number of rotatable bonds is 1. The van der Waals surface area contributed by atoms with Crippen molar-refractivity contribution in [3.05, 3.63) is 65.8 Å². The Bertz CT molecular complexity index is 812. The van der Waals surface area contributed by atoms with E-state index < -0.39 is 0 Å². The van der Waals surface area contributed by atoms with Gasteiger partial charge in [0.25, 0.3) is 5.91 Å². The molecule has 19 heavy (non-hydrogen) atoms. The van der Waals surface area contributed by atoms with Gasteiger partial charge in [-0.15, -0.1) is 0 Å². The summed E-state index contributed by atoms with van der Waals surface area (Å²) in [6.45, 7) is 0. The van der Waals surface area contributed by atoms with Gasteiger partial charge in [-0.1, -0.05) is 30.3 Å². The number of carbonyl (C=O) groups is 1. The van der Waals surface area contributed by atoms with Gasteiger partial charge in [-0.2, -0.15) is 0 Å². The van der Waals surface area contributed by atoms with Crippen LogP contribution in [0, 0.1) is 5.41 Å². The third kappa shape index (κ3) is 1.69. The number of benzene rings is 2. The van der Waals surface area contributed by atoms with Gasteiger partial charge in [-0.25, -0.2) is 4.57 Å². The summed E-state index contributed by atoms with van der Waals surface area (Å²) in [5.41, 5.74) is 2.38. The highest BCUT2D eigenvalue weighted by atomic mass is 16.2. The lowest BCUT2D eigenvalue weighted by molar-refractivity contribution is 0.0958. The molecule has 94 valence electrons. The highest BCUT2D eigenvalue weighted by Crippen LogP contribution is 2.13. The summed E-state index contributed by atoms with van der Waals surface area (Å²) < 4.78 is 3.14. The van der Waals surface area contributed by atoms with Crippen molar-refractivity contribution in [2.24, 2.45) is 7.05 Å². The van der Waals surface area contributed by atoms with Gasteiger partial charge in [0.15, 0.2) is 0 Å². The lowest BCUT2D eigenvalue weighted by Gasteiger charge is -2.02. The van der Waals surface area contributed by atoms with Crippen molar-refractivity contribution in [1.29, 1.82) is 5.41 Å². The molecule has 0 saturated heterocycles. The molecule has 4 nitrogen and oxygen atoms in total. The molecule has 0 radical (unpaired) electrons. The minimum absolute atomic E-state index is 0.176. The standard InChI is InChI=1S/C15H13N3O/c1-17-12-9-5-6-10-13(12)18(15(17)16)14(19)11-7-3-2-4-8-11/h2-10,16H,1H3. The predicted molar refractivity (Wildman–Crippen MR) is 72.9 cm³/mol. The number of hydrogen-bond donors (Lipinski definition) is 1. The van der Waals surface area contributed by atoms with E-state index in [1.165, 1.54) is 4.57 Å². The van der Waals surface area contributed by atoms with Gasteiger partial charge in [0.2, 0.25) is 5.62 Å². The Balaban J connectivity index is 2.30. The average molecular weight is 251 g/mol. The first-order valence-electron chi connectivity index (χ1n) is 6.01. The Hall–Kier alpha value is -2.62. The number of fused-ring (bicyclic) bond motifs is 1. The van der Waals surface area contributed by atoms with Crippen molar-refractivity contribution in [1.82, 2.24) is 9.13 Å². The van der Waals surface area contributed by atoms with E-state index >= 15 is 0 Å². The molecule has 0 aliphatic heterocycles. The topological polar surface area (TPSA) is 50.8 Å². The zero-order valence-corrected chi connectivity index (χ0v) is 10.5. The highest BCUT2D eigenvalue weighted by Gasteiger charge is 2.15. The fourth-order valence-electron chi connectivity index (χ4n) is 2.23. The molecule has 2 aromatic carbocycles. The predicted octanol–water partition coefficient (Wildman–Crippen LogP) is 2.15. The summed E-state index contributed by atoms with van der Waals surface area (Å²) in [6, 6.07) is 16.6. The Kier molecular flexibility index (Phi) is 2.56. The second-order valence-corrected chi connectivity index (χ2v) is 4.38. The lowest BCUT2D eigenvalue weighted by atomic mass is 10.2. The molecule has 0 bridgehead atoms. The van der Waals surface area contributed by atoms with E-state index in [0.717, 1.165) is 11.0 Å². The number of imidazole rings is 1. The smallest absolute Gasteiger partial charge is 0.265 e. The number of aromatic nitrogens is 2. The zero-order valence-electron chi connectivity index (χ0n) is 10.5. The van der Waals surface area contributed by atoms with Gasteiger partial charge >= 0.3 is 0 Å². The molecule has 0 saturated carbocycles. The van der Waals surface area contributed by atoms with Crippen molar-refractivity contribution in [3.63, 3.8) is 0 Å². The second kappa shape index (κ2) is 4.24. The Morgan fingerprint density at radius 3 is 2.21 bits per heavy atom. The molecular formula is C15H13N3O. The van der Waals surface area contributed by atoms with Crippen molar-refractivity contribution in [3.8, 4) is 0 Å². The van der Waals surface area contributed by atoms with Crippen molar-refractivity contribution in [2.45, 2.75) is 0 Å². The quantitative estimate of drug-likeness (QED) is 0.708. The number of hydrogen-bond acceptors (Lipinski definition) is 2. The molecule has 0 atom stereocenters. The van der Waals surface area contributed by atoms with Crippen LogP contribution < -0.4 is 5.62 Å². The van der Waals surface area contributed by atoms with Crippen LogP contribution in [0.1, 0.15) is 10.4 Å². The third-order valence-electron chi connectivity index (χ3n) is 3.24. The Morgan fingerprint density at radius 1 is 0.947 bits per heavy atom. The van der Waals surface area contributed by atoms with Crippen LogP contribution in [0.25, 0.3) is 11.0 Å². The summed E-state index contributed by atoms with van der Waals surface area (Å²) in [5, 5.41) is 8.11. The summed E-state index contributed by atoms with van der Waals surface area (Å²) in [4.78, 5) is 12.5. The van der Waals surface area contributed by atoms with E-state index in [-0.39, 0.29) is 11.5 Å². The Labute approximate surface area is 110 Å². The maximum atomic E-state index is 12.5. The number of para-hydroxylation sites is 2. The first kappa shape index (κ1) is 11.5. The SMILES string of the molecule is Cn1c(=N)n(C(=O)c2ccccc2)c2ccccc21. The van der Waals surface area contributed by atoms with Crippen LogP contribution in [-0.2, 0) is 7.05 Å². The van der Waals surface area contributed by atoms with Gasteiger partial charge in [0, 0.05) is 12.6 Å². The average Bonchev–Trinajstić information content (AvgIpc) is 2.72. The van der Waals surface area contributed by atoms with Crippen LogP contribution in [0.2, 0.25) is 0 Å². The van der Waals surface area contributed by atoms with Crippen LogP contribution >= 0.6 is 0 Å². The van der Waals surface area contributed by atoms with E-state index in [9.17, 15) is 4.79 Å². The lowest BCUT2D eigenvalue weighted by Crippen LogP contribution is -2.28. The molecule has 3 aromatic rings. The molecule has 0 unspecified atom stereocenters. The normalized spacial score (nSPS) is 10.8. The molecule has 1 aromatic heterocycles. The number of nitrogens with zero attached hydrogens (tertiary/aromatic N) is 2. The largest absolute Gasteiger partial charge is 0.313 e. The molecule has 4 heteroatoms. The summed E-state index contributed by atoms with van der Waals surface area (Å²) in [5.74, 6) is -0.178. The molecule has 0 aliphatic rings. The van der Waals surface area contributed by atoms with E-state index in [1.807, 2.05) is 42.5 Å². The van der Waals surface area contributed by atoms with Crippen LogP contribution in [0.15, 0.2) is 54.6 Å². The van der Waals surface area contributed by atoms with Gasteiger partial charge in [0.05, 0.1) is 11.0 Å². The van der Waals surface area contributed by atoms with Gasteiger partial charge < -0.3 is 4.57 Å². The summed E-state index contributed by atoms with van der Waals surface area (Å²) in [7, 11) is 1.79. The van der Waals surface area contributed by atoms with Crippen LogP contribution in [-0.4, -0.2) is 15.0 Å². The maximum absolute atomic E-state index is 12.5. The van der Waals surface area contributed by atoms with E-state index in [1.54, 1.807) is 23.7 Å². The molecule has 0 spiro atoms. The molecular weight excluding hydrogens is 238 g/mol. The Morgan fingerprint density at radius 2 is 1.53 bits per heavy atom. The fourth-order valence-corrected chi connectivity index (χ4v) is 2.23. The minimum atomic E-state index is -0.178. The van der Waals surface area contributed by atoms with Crippen molar-refractivity contribution < 1.29 is 4.79 Å². The molecule has 0 fully saturated rings. The third-order valence-corrected chi connectivity index (χ3v) is 3.24. The van der Waals surface area contributed by atoms with Gasteiger partial charge in [0.1, 0.15) is 0 Å². The maximum Gasteiger partial charge on any atom is 0.265 e. The van der Waals surface area contributed by atoms with Crippen LogP contribution in [0.4, 0.5) is 0 Å².